The third-order valence-electron chi connectivity index (χ3n) is 4.37. The predicted octanol–water partition coefficient (Wildman–Crippen LogP) is 2.28. The molecule has 9 nitrogen and oxygen atoms in total. The number of ether oxygens (including phenoxy) is 2. The van der Waals surface area contributed by atoms with Gasteiger partial charge in [-0.25, -0.2) is 8.42 Å². The van der Waals surface area contributed by atoms with Gasteiger partial charge in [-0.1, -0.05) is 6.07 Å². The van der Waals surface area contributed by atoms with E-state index in [4.69, 9.17) is 4.74 Å². The van der Waals surface area contributed by atoms with Crippen molar-refractivity contribution in [2.75, 3.05) is 19.0 Å². The molecule has 2 amide bonds. The van der Waals surface area contributed by atoms with Crippen LogP contribution in [-0.2, 0) is 26.0 Å². The van der Waals surface area contributed by atoms with Gasteiger partial charge in [-0.2, -0.15) is 13.5 Å². The van der Waals surface area contributed by atoms with Gasteiger partial charge in [0.15, 0.2) is 11.5 Å². The lowest BCUT2D eigenvalue weighted by molar-refractivity contribution is -0.122. The minimum Gasteiger partial charge on any atom is -0.493 e. The van der Waals surface area contributed by atoms with E-state index in [1.165, 1.54) is 57.4 Å². The van der Waals surface area contributed by atoms with Crippen LogP contribution in [-0.4, -0.2) is 46.5 Å². The Morgan fingerprint density at radius 1 is 1.06 bits per heavy atom. The summed E-state index contributed by atoms with van der Waals surface area (Å²) in [4.78, 5) is 23.3. The Morgan fingerprint density at radius 2 is 1.73 bits per heavy atom. The van der Waals surface area contributed by atoms with Crippen molar-refractivity contribution in [3.63, 3.8) is 0 Å². The van der Waals surface area contributed by atoms with Crippen LogP contribution in [0.25, 0.3) is 0 Å². The van der Waals surface area contributed by atoms with E-state index in [0.29, 0.717) is 17.7 Å². The number of amides is 2. The molecule has 0 saturated heterocycles. The first-order chi connectivity index (χ1) is 15.5. The molecule has 0 unspecified atom stereocenters. The fourth-order valence-electron chi connectivity index (χ4n) is 2.82. The molecule has 2 aromatic carbocycles. The summed E-state index contributed by atoms with van der Waals surface area (Å²) in [5.41, 5.74) is 1.14. The molecule has 0 aliphatic heterocycles. The van der Waals surface area contributed by atoms with E-state index in [2.05, 4.69) is 20.1 Å². The Balaban J connectivity index is 1.90. The quantitative estimate of drug-likeness (QED) is 0.449. The first-order valence-corrected chi connectivity index (χ1v) is 11.3. The summed E-state index contributed by atoms with van der Waals surface area (Å²) in [6.45, 7) is -0.0728. The van der Waals surface area contributed by atoms with Gasteiger partial charge in [0.2, 0.25) is 21.8 Å². The van der Waals surface area contributed by atoms with Crippen molar-refractivity contribution in [1.82, 2.24) is 10.0 Å². The first kappa shape index (κ1) is 26.0. The number of benzene rings is 2. The Morgan fingerprint density at radius 3 is 2.30 bits per heavy atom. The van der Waals surface area contributed by atoms with E-state index in [1.807, 2.05) is 0 Å². The van der Waals surface area contributed by atoms with Crippen molar-refractivity contribution in [1.29, 1.82) is 0 Å². The number of sulfonamides is 1. The Labute approximate surface area is 190 Å². The molecule has 180 valence electrons. The molecule has 33 heavy (non-hydrogen) atoms. The molecule has 0 radical (unpaired) electrons. The minimum absolute atomic E-state index is 0.0607. The molecule has 0 spiro atoms. The number of halogens is 2. The number of hydrogen-bond acceptors (Lipinski definition) is 6. The Kier molecular flexibility index (Phi) is 9.12. The lowest BCUT2D eigenvalue weighted by atomic mass is 10.1. The number of alkyl halides is 2. The van der Waals surface area contributed by atoms with Gasteiger partial charge < -0.3 is 20.1 Å². The molecule has 0 fully saturated rings. The number of carbonyl (C=O) groups excluding carboxylic acids is 2. The molecule has 1 atom stereocenters. The molecule has 0 aliphatic carbocycles. The molecule has 3 N–H and O–H groups in total. The summed E-state index contributed by atoms with van der Waals surface area (Å²) in [5.74, 6) is -0.804. The molecule has 0 bridgehead atoms. The van der Waals surface area contributed by atoms with E-state index in [0.717, 1.165) is 0 Å². The molecule has 0 aromatic heterocycles. The van der Waals surface area contributed by atoms with Gasteiger partial charge in [0, 0.05) is 19.2 Å². The summed E-state index contributed by atoms with van der Waals surface area (Å²) in [5, 5.41) is 5.15. The van der Waals surface area contributed by atoms with E-state index < -0.39 is 28.6 Å². The van der Waals surface area contributed by atoms with Crippen LogP contribution in [0.5, 0.6) is 11.5 Å². The fraction of sp³-hybridized carbons (Fsp3) is 0.333. The van der Waals surface area contributed by atoms with Crippen LogP contribution in [0.1, 0.15) is 19.4 Å². The lowest BCUT2D eigenvalue weighted by Gasteiger charge is -2.15. The number of hydrogen-bond donors (Lipinski definition) is 3. The van der Waals surface area contributed by atoms with Gasteiger partial charge in [0.25, 0.3) is 0 Å². The van der Waals surface area contributed by atoms with Gasteiger partial charge >= 0.3 is 6.61 Å². The number of anilines is 1. The second-order valence-electron chi connectivity index (χ2n) is 6.95. The Hall–Kier alpha value is -3.25. The van der Waals surface area contributed by atoms with Crippen LogP contribution < -0.4 is 24.8 Å². The Bertz CT molecular complexity index is 1080. The second-order valence-corrected chi connectivity index (χ2v) is 8.67. The third kappa shape index (κ3) is 7.99. The van der Waals surface area contributed by atoms with Crippen molar-refractivity contribution in [2.45, 2.75) is 37.8 Å². The van der Waals surface area contributed by atoms with Crippen molar-refractivity contribution in [3.8, 4) is 11.5 Å². The smallest absolute Gasteiger partial charge is 0.387 e. The van der Waals surface area contributed by atoms with Crippen LogP contribution in [0, 0.1) is 0 Å². The average Bonchev–Trinajstić information content (AvgIpc) is 2.73. The minimum atomic E-state index is -3.97. The van der Waals surface area contributed by atoms with Crippen molar-refractivity contribution in [2.24, 2.45) is 0 Å². The van der Waals surface area contributed by atoms with E-state index >= 15 is 0 Å². The fourth-order valence-corrected chi connectivity index (χ4v) is 4.02. The molecule has 0 heterocycles. The number of carbonyl (C=O) groups is 2. The van der Waals surface area contributed by atoms with Crippen LogP contribution in [0.3, 0.4) is 0 Å². The zero-order chi connectivity index (χ0) is 24.6. The van der Waals surface area contributed by atoms with E-state index in [1.54, 1.807) is 6.07 Å². The standard InChI is InChI=1S/C21H25F2N3O6S/c1-13(26-33(29,30)17-7-5-16(6-8-17)25-14(2)27)20(28)24-11-10-15-4-9-18(32-21(22)23)19(12-15)31-3/h4-9,12-13,21,26H,10-11H2,1-3H3,(H,24,28)(H,25,27)/t13-/m1/s1. The summed E-state index contributed by atoms with van der Waals surface area (Å²) >= 11 is 0. The highest BCUT2D eigenvalue weighted by Crippen LogP contribution is 2.29. The number of nitrogens with one attached hydrogen (secondary N) is 3. The maximum absolute atomic E-state index is 12.5. The van der Waals surface area contributed by atoms with Gasteiger partial charge in [-0.15, -0.1) is 0 Å². The second kappa shape index (κ2) is 11.6. The lowest BCUT2D eigenvalue weighted by Crippen LogP contribution is -2.45. The van der Waals surface area contributed by atoms with Gasteiger partial charge in [-0.05, 0) is 55.3 Å². The average molecular weight is 486 g/mol. The molecular weight excluding hydrogens is 460 g/mol. The summed E-state index contributed by atoms with van der Waals surface area (Å²) in [7, 11) is -2.65. The molecule has 12 heteroatoms. The van der Waals surface area contributed by atoms with Crippen LogP contribution in [0.2, 0.25) is 0 Å². The van der Waals surface area contributed by atoms with Gasteiger partial charge in [0.05, 0.1) is 18.0 Å². The van der Waals surface area contributed by atoms with Crippen molar-refractivity contribution in [3.05, 3.63) is 48.0 Å². The first-order valence-electron chi connectivity index (χ1n) is 9.81. The third-order valence-corrected chi connectivity index (χ3v) is 5.92. The molecular formula is C21H25F2N3O6S. The van der Waals surface area contributed by atoms with Crippen molar-refractivity contribution < 1.29 is 36.3 Å². The highest BCUT2D eigenvalue weighted by molar-refractivity contribution is 7.89. The monoisotopic (exact) mass is 485 g/mol. The van der Waals surface area contributed by atoms with E-state index in [-0.39, 0.29) is 28.8 Å². The maximum atomic E-state index is 12.5. The van der Waals surface area contributed by atoms with Crippen LogP contribution in [0.15, 0.2) is 47.4 Å². The number of methoxy groups -OCH3 is 1. The highest BCUT2D eigenvalue weighted by Gasteiger charge is 2.22. The molecule has 2 rings (SSSR count). The largest absolute Gasteiger partial charge is 0.493 e. The van der Waals surface area contributed by atoms with Crippen LogP contribution in [0.4, 0.5) is 14.5 Å². The van der Waals surface area contributed by atoms with Gasteiger partial charge in [-0.3, -0.25) is 9.59 Å². The SMILES string of the molecule is COc1cc(CCNC(=O)[C@@H](C)NS(=O)(=O)c2ccc(NC(C)=O)cc2)ccc1OC(F)F. The summed E-state index contributed by atoms with van der Waals surface area (Å²) in [6, 6.07) is 8.86. The van der Waals surface area contributed by atoms with Crippen molar-refractivity contribution >= 4 is 27.5 Å². The summed E-state index contributed by atoms with van der Waals surface area (Å²) in [6.07, 6.45) is 0.348. The molecule has 2 aromatic rings. The van der Waals surface area contributed by atoms with Crippen LogP contribution >= 0.6 is 0 Å². The molecule has 0 saturated carbocycles. The zero-order valence-electron chi connectivity index (χ0n) is 18.2. The van der Waals surface area contributed by atoms with E-state index in [9.17, 15) is 26.8 Å². The summed E-state index contributed by atoms with van der Waals surface area (Å²) < 4.78 is 61.5. The van der Waals surface area contributed by atoms with Gasteiger partial charge in [0.1, 0.15) is 0 Å². The normalized spacial score (nSPS) is 12.2. The highest BCUT2D eigenvalue weighted by atomic mass is 32.2. The number of rotatable bonds is 11. The zero-order valence-corrected chi connectivity index (χ0v) is 19.0. The maximum Gasteiger partial charge on any atom is 0.387 e. The predicted molar refractivity (Wildman–Crippen MR) is 117 cm³/mol. The topological polar surface area (TPSA) is 123 Å². The molecule has 0 aliphatic rings.